The van der Waals surface area contributed by atoms with E-state index >= 15 is 0 Å². The van der Waals surface area contributed by atoms with Crippen LogP contribution in [0.25, 0.3) is 10.8 Å². The SMILES string of the molecule is CC(C)(C)OC(=O)c1cc(C(=O)OC(C)(C)C)cc(S(=O)(=O)c2ccc([S+](c3ccccc3)c3ccccc3)c3ccccc23)c1. The molecule has 5 aromatic rings. The molecule has 0 heterocycles. The minimum absolute atomic E-state index is 0.0625. The molecule has 6 nitrogen and oxygen atoms in total. The zero-order valence-electron chi connectivity index (χ0n) is 26.7. The van der Waals surface area contributed by atoms with Crippen LogP contribution in [-0.4, -0.2) is 31.6 Å². The van der Waals surface area contributed by atoms with Crippen LogP contribution < -0.4 is 0 Å². The summed E-state index contributed by atoms with van der Waals surface area (Å²) in [5.74, 6) is -1.49. The van der Waals surface area contributed by atoms with Crippen molar-refractivity contribution >= 4 is 43.4 Å². The molecule has 0 spiro atoms. The van der Waals surface area contributed by atoms with Gasteiger partial charge >= 0.3 is 11.9 Å². The molecule has 0 bridgehead atoms. The summed E-state index contributed by atoms with van der Waals surface area (Å²) in [7, 11) is -4.77. The van der Waals surface area contributed by atoms with Crippen molar-refractivity contribution in [1.82, 2.24) is 0 Å². The Morgan fingerprint density at radius 1 is 0.565 bits per heavy atom. The maximum Gasteiger partial charge on any atom is 0.338 e. The van der Waals surface area contributed by atoms with Crippen LogP contribution in [0.3, 0.4) is 0 Å². The molecule has 5 rings (SSSR count). The molecule has 0 aromatic heterocycles. The van der Waals surface area contributed by atoms with E-state index in [2.05, 4.69) is 24.3 Å². The van der Waals surface area contributed by atoms with Crippen LogP contribution in [0.1, 0.15) is 62.3 Å². The average molecular weight is 654 g/mol. The van der Waals surface area contributed by atoms with E-state index in [0.717, 1.165) is 20.1 Å². The van der Waals surface area contributed by atoms with Crippen LogP contribution in [0, 0.1) is 0 Å². The molecule has 5 aromatic carbocycles. The smallest absolute Gasteiger partial charge is 0.338 e. The first-order valence-electron chi connectivity index (χ1n) is 14.9. The van der Waals surface area contributed by atoms with Gasteiger partial charge in [0.05, 0.1) is 31.8 Å². The van der Waals surface area contributed by atoms with Gasteiger partial charge in [0.2, 0.25) is 9.84 Å². The molecule has 0 saturated heterocycles. The van der Waals surface area contributed by atoms with E-state index in [9.17, 15) is 18.0 Å². The number of ether oxygens (including phenoxy) is 2. The van der Waals surface area contributed by atoms with Crippen LogP contribution >= 0.6 is 0 Å². The van der Waals surface area contributed by atoms with E-state index in [1.165, 1.54) is 18.2 Å². The Hall–Kier alpha value is -4.40. The highest BCUT2D eigenvalue weighted by atomic mass is 32.2. The molecule has 8 heteroatoms. The maximum atomic E-state index is 14.5. The number of hydrogen-bond acceptors (Lipinski definition) is 6. The maximum absolute atomic E-state index is 14.5. The van der Waals surface area contributed by atoms with E-state index in [1.54, 1.807) is 59.7 Å². The lowest BCUT2D eigenvalue weighted by atomic mass is 10.1. The molecule has 0 aliphatic carbocycles. The van der Waals surface area contributed by atoms with Crippen LogP contribution in [-0.2, 0) is 30.2 Å². The Morgan fingerprint density at radius 2 is 1.00 bits per heavy atom. The van der Waals surface area contributed by atoms with Gasteiger partial charge in [0, 0.05) is 10.8 Å². The molecular weight excluding hydrogens is 617 g/mol. The first-order valence-corrected chi connectivity index (χ1v) is 17.6. The van der Waals surface area contributed by atoms with Gasteiger partial charge in [0.15, 0.2) is 14.7 Å². The third-order valence-electron chi connectivity index (χ3n) is 6.80. The summed E-state index contributed by atoms with van der Waals surface area (Å²) in [6.45, 7) is 10.3. The molecule has 0 saturated carbocycles. The van der Waals surface area contributed by atoms with Gasteiger partial charge < -0.3 is 9.47 Å². The number of hydrogen-bond donors (Lipinski definition) is 0. The second-order valence-electron chi connectivity index (χ2n) is 12.8. The molecule has 0 fully saturated rings. The summed E-state index contributed by atoms with van der Waals surface area (Å²) in [5.41, 5.74) is -1.79. The fourth-order valence-electron chi connectivity index (χ4n) is 4.95. The molecule has 0 atom stereocenters. The predicted octanol–water partition coefficient (Wildman–Crippen LogP) is 8.68. The first kappa shape index (κ1) is 33.0. The molecule has 0 amide bonds. The number of fused-ring (bicyclic) bond motifs is 1. The van der Waals surface area contributed by atoms with Gasteiger partial charge in [-0.3, -0.25) is 0 Å². The van der Waals surface area contributed by atoms with Gasteiger partial charge in [-0.05, 0) is 102 Å². The normalized spacial score (nSPS) is 12.2. The topological polar surface area (TPSA) is 86.7 Å². The number of rotatable bonds is 7. The zero-order chi connectivity index (χ0) is 33.3. The molecule has 0 aliphatic rings. The Kier molecular flexibility index (Phi) is 9.16. The predicted molar refractivity (Wildman–Crippen MR) is 181 cm³/mol. The Morgan fingerprint density at radius 3 is 1.46 bits per heavy atom. The van der Waals surface area contributed by atoms with Gasteiger partial charge in [-0.1, -0.05) is 54.6 Å². The summed E-state index contributed by atoms with van der Waals surface area (Å²) in [4.78, 5) is 29.4. The van der Waals surface area contributed by atoms with Crippen LogP contribution in [0.15, 0.2) is 140 Å². The minimum Gasteiger partial charge on any atom is -0.456 e. The molecule has 0 radical (unpaired) electrons. The molecule has 236 valence electrons. The minimum atomic E-state index is -4.25. The summed E-state index contributed by atoms with van der Waals surface area (Å²) in [6.07, 6.45) is 0. The Bertz CT molecular complexity index is 1920. The van der Waals surface area contributed by atoms with E-state index < -0.39 is 43.9 Å². The fourth-order valence-corrected chi connectivity index (χ4v) is 8.72. The first-order chi connectivity index (χ1) is 21.6. The Labute approximate surface area is 273 Å². The molecule has 46 heavy (non-hydrogen) atoms. The summed E-state index contributed by atoms with van der Waals surface area (Å²) < 4.78 is 40.1. The van der Waals surface area contributed by atoms with Crippen molar-refractivity contribution in [2.24, 2.45) is 0 Å². The lowest BCUT2D eigenvalue weighted by Gasteiger charge is -2.21. The highest BCUT2D eigenvalue weighted by Crippen LogP contribution is 2.39. The van der Waals surface area contributed by atoms with Crippen molar-refractivity contribution < 1.29 is 27.5 Å². The average Bonchev–Trinajstić information content (AvgIpc) is 3.00. The summed E-state index contributed by atoms with van der Waals surface area (Å²) >= 11 is 0. The number of esters is 2. The third-order valence-corrected chi connectivity index (χ3v) is 10.9. The number of sulfone groups is 1. The second-order valence-corrected chi connectivity index (χ2v) is 16.7. The highest BCUT2D eigenvalue weighted by Gasteiger charge is 2.33. The van der Waals surface area contributed by atoms with Crippen molar-refractivity contribution in [2.45, 2.75) is 77.2 Å². The van der Waals surface area contributed by atoms with Gasteiger partial charge in [-0.15, -0.1) is 0 Å². The monoisotopic (exact) mass is 653 g/mol. The number of carbonyl (C=O) groups is 2. The van der Waals surface area contributed by atoms with Crippen LogP contribution in [0.2, 0.25) is 0 Å². The van der Waals surface area contributed by atoms with Gasteiger partial charge in [-0.25, -0.2) is 18.0 Å². The highest BCUT2D eigenvalue weighted by molar-refractivity contribution is 7.97. The largest absolute Gasteiger partial charge is 0.456 e. The molecule has 0 unspecified atom stereocenters. The number of benzene rings is 5. The molecule has 0 aliphatic heterocycles. The standard InChI is InChI=1S/C38H37O6S2/c1-37(2,3)43-35(39)26-23-27(36(40)44-38(4,5)6)25-30(24-26)46(41,42)34-22-21-33(31-19-13-14-20-32(31)34)45(28-15-9-7-10-16-28)29-17-11-8-12-18-29/h7-25H,1-6H3/q+1. The van der Waals surface area contributed by atoms with Gasteiger partial charge in [-0.2, -0.15) is 0 Å². The van der Waals surface area contributed by atoms with Gasteiger partial charge in [0.1, 0.15) is 11.2 Å². The fraction of sp³-hybridized carbons (Fsp3) is 0.211. The van der Waals surface area contributed by atoms with Crippen molar-refractivity contribution in [3.8, 4) is 0 Å². The molecular formula is C38H37O6S2+. The van der Waals surface area contributed by atoms with Crippen LogP contribution in [0.4, 0.5) is 0 Å². The number of carbonyl (C=O) groups excluding carboxylic acids is 2. The summed E-state index contributed by atoms with van der Waals surface area (Å²) in [5, 5.41) is 1.32. The van der Waals surface area contributed by atoms with E-state index in [1.807, 2.05) is 54.6 Å². The quantitative estimate of drug-likeness (QED) is 0.129. The zero-order valence-corrected chi connectivity index (χ0v) is 28.4. The summed E-state index contributed by atoms with van der Waals surface area (Å²) in [6, 6.07) is 35.0. The van der Waals surface area contributed by atoms with Crippen molar-refractivity contribution in [1.29, 1.82) is 0 Å². The van der Waals surface area contributed by atoms with Gasteiger partial charge in [0.25, 0.3) is 0 Å². The lowest BCUT2D eigenvalue weighted by Crippen LogP contribution is -2.26. The van der Waals surface area contributed by atoms with Crippen LogP contribution in [0.5, 0.6) is 0 Å². The van der Waals surface area contributed by atoms with E-state index in [-0.39, 0.29) is 20.9 Å². The van der Waals surface area contributed by atoms with E-state index in [0.29, 0.717) is 5.39 Å². The Balaban J connectivity index is 1.70. The second kappa shape index (κ2) is 12.8. The van der Waals surface area contributed by atoms with Crippen molar-refractivity contribution in [3.63, 3.8) is 0 Å². The van der Waals surface area contributed by atoms with E-state index in [4.69, 9.17) is 9.47 Å². The third kappa shape index (κ3) is 7.35. The van der Waals surface area contributed by atoms with Crippen molar-refractivity contribution in [3.05, 3.63) is 126 Å². The molecule has 0 N–H and O–H groups in total. The van der Waals surface area contributed by atoms with Crippen molar-refractivity contribution in [2.75, 3.05) is 0 Å². The lowest BCUT2D eigenvalue weighted by molar-refractivity contribution is 0.00676.